The number of nitrogens with zero attached hydrogens (tertiary/aromatic N) is 3. The lowest BCUT2D eigenvalue weighted by Gasteiger charge is -2.34. The number of fused-ring (bicyclic) bond motifs is 1. The van der Waals surface area contributed by atoms with Crippen molar-refractivity contribution in [1.82, 2.24) is 13.9 Å². The van der Waals surface area contributed by atoms with Crippen LogP contribution in [0.1, 0.15) is 25.1 Å². The van der Waals surface area contributed by atoms with E-state index in [2.05, 4.69) is 10.3 Å². The van der Waals surface area contributed by atoms with Crippen LogP contribution >= 0.6 is 11.3 Å². The standard InChI is InChI=1S/C24H30N4O6S2/c1-14-8-15(2)11-28(10-14)36(31,32)22-16(3)35-23-21(22)24(30)27(13-25-23)12-20(29)26-18-9-17(33-4)6-7-19(18)34-5/h6-7,9,13-15H,8,10-12H2,1-5H3,(H,26,29)/t14-,15+. The SMILES string of the molecule is COc1ccc(OC)c(NC(=O)Cn2cnc3sc(C)c(S(=O)(=O)N4C[C@H](C)C[C@H](C)C4)c3c2=O)c1. The predicted molar refractivity (Wildman–Crippen MR) is 138 cm³/mol. The van der Waals surface area contributed by atoms with Crippen LogP contribution in [0.5, 0.6) is 11.5 Å². The molecule has 0 radical (unpaired) electrons. The molecular weight excluding hydrogens is 504 g/mol. The predicted octanol–water partition coefficient (Wildman–Crippen LogP) is 3.09. The number of ether oxygens (including phenoxy) is 2. The van der Waals surface area contributed by atoms with Gasteiger partial charge in [0.15, 0.2) is 0 Å². The van der Waals surface area contributed by atoms with Gasteiger partial charge in [-0.05, 0) is 37.3 Å². The molecule has 36 heavy (non-hydrogen) atoms. The Hall–Kier alpha value is -2.96. The number of carbonyl (C=O) groups is 1. The van der Waals surface area contributed by atoms with E-state index in [-0.39, 0.29) is 28.7 Å². The van der Waals surface area contributed by atoms with Crippen molar-refractivity contribution in [1.29, 1.82) is 0 Å². The van der Waals surface area contributed by atoms with E-state index in [1.807, 2.05) is 13.8 Å². The summed E-state index contributed by atoms with van der Waals surface area (Å²) in [4.78, 5) is 31.4. The van der Waals surface area contributed by atoms with Crippen molar-refractivity contribution in [2.24, 2.45) is 11.8 Å². The number of sulfonamides is 1. The van der Waals surface area contributed by atoms with Crippen LogP contribution in [0.25, 0.3) is 10.2 Å². The average molecular weight is 535 g/mol. The van der Waals surface area contributed by atoms with Gasteiger partial charge in [0.05, 0.1) is 31.6 Å². The molecule has 1 aliphatic rings. The molecule has 12 heteroatoms. The van der Waals surface area contributed by atoms with Gasteiger partial charge in [-0.25, -0.2) is 13.4 Å². The molecule has 1 aromatic carbocycles. The van der Waals surface area contributed by atoms with Crippen molar-refractivity contribution in [3.63, 3.8) is 0 Å². The highest BCUT2D eigenvalue weighted by Gasteiger charge is 2.35. The number of hydrogen-bond acceptors (Lipinski definition) is 8. The van der Waals surface area contributed by atoms with Crippen molar-refractivity contribution in [2.45, 2.75) is 38.6 Å². The van der Waals surface area contributed by atoms with E-state index in [9.17, 15) is 18.0 Å². The van der Waals surface area contributed by atoms with Gasteiger partial charge < -0.3 is 14.8 Å². The molecule has 3 heterocycles. The van der Waals surface area contributed by atoms with E-state index in [0.717, 1.165) is 22.3 Å². The molecule has 0 saturated carbocycles. The minimum atomic E-state index is -3.92. The van der Waals surface area contributed by atoms with Gasteiger partial charge in [-0.3, -0.25) is 14.2 Å². The van der Waals surface area contributed by atoms with E-state index >= 15 is 0 Å². The highest BCUT2D eigenvalue weighted by Crippen LogP contribution is 2.35. The van der Waals surface area contributed by atoms with Crippen molar-refractivity contribution in [3.8, 4) is 11.5 Å². The summed E-state index contributed by atoms with van der Waals surface area (Å²) in [6, 6.07) is 4.96. The van der Waals surface area contributed by atoms with Crippen LogP contribution in [-0.2, 0) is 21.4 Å². The summed E-state index contributed by atoms with van der Waals surface area (Å²) in [6.07, 6.45) is 2.22. The summed E-state index contributed by atoms with van der Waals surface area (Å²) < 4.78 is 40.4. The molecule has 0 aliphatic carbocycles. The molecule has 1 amide bonds. The summed E-state index contributed by atoms with van der Waals surface area (Å²) >= 11 is 1.16. The van der Waals surface area contributed by atoms with Crippen molar-refractivity contribution < 1.29 is 22.7 Å². The molecule has 1 fully saturated rings. The Morgan fingerprint density at radius 2 is 1.89 bits per heavy atom. The molecular formula is C24H30N4O6S2. The molecule has 4 rings (SSSR count). The normalized spacial score (nSPS) is 18.8. The van der Waals surface area contributed by atoms with Gasteiger partial charge in [0.25, 0.3) is 5.56 Å². The van der Waals surface area contributed by atoms with Crippen molar-refractivity contribution >= 4 is 43.2 Å². The zero-order valence-corrected chi connectivity index (χ0v) is 22.5. The fourth-order valence-corrected chi connectivity index (χ4v) is 8.07. The van der Waals surface area contributed by atoms with Crippen LogP contribution in [0, 0.1) is 18.8 Å². The first-order valence-electron chi connectivity index (χ1n) is 11.6. The molecule has 194 valence electrons. The Kier molecular flexibility index (Phi) is 7.39. The van der Waals surface area contributed by atoms with E-state index in [0.29, 0.717) is 40.0 Å². The molecule has 3 aromatic rings. The molecule has 1 aliphatic heterocycles. The number of methoxy groups -OCH3 is 2. The number of thiophene rings is 1. The number of hydrogen-bond donors (Lipinski definition) is 1. The second-order valence-corrected chi connectivity index (χ2v) is 12.3. The number of amides is 1. The van der Waals surface area contributed by atoms with Crippen LogP contribution in [-0.4, -0.2) is 55.5 Å². The fraction of sp³-hybridized carbons (Fsp3) is 0.458. The number of benzene rings is 1. The van der Waals surface area contributed by atoms with Crippen LogP contribution < -0.4 is 20.3 Å². The molecule has 2 atom stereocenters. The molecule has 0 unspecified atom stereocenters. The highest BCUT2D eigenvalue weighted by atomic mass is 32.2. The number of aromatic nitrogens is 2. The number of rotatable bonds is 7. The van der Waals surface area contributed by atoms with Gasteiger partial charge in [0.2, 0.25) is 15.9 Å². The van der Waals surface area contributed by atoms with Crippen molar-refractivity contribution in [3.05, 3.63) is 39.8 Å². The van der Waals surface area contributed by atoms with Gasteiger partial charge in [-0.15, -0.1) is 11.3 Å². The first-order valence-corrected chi connectivity index (χ1v) is 13.8. The lowest BCUT2D eigenvalue weighted by molar-refractivity contribution is -0.116. The lowest BCUT2D eigenvalue weighted by Crippen LogP contribution is -2.42. The number of aryl methyl sites for hydroxylation is 1. The van der Waals surface area contributed by atoms with Gasteiger partial charge in [0.1, 0.15) is 27.8 Å². The third-order valence-electron chi connectivity index (χ3n) is 6.23. The highest BCUT2D eigenvalue weighted by molar-refractivity contribution is 7.89. The summed E-state index contributed by atoms with van der Waals surface area (Å²) in [5.41, 5.74) is -0.194. The molecule has 0 spiro atoms. The van der Waals surface area contributed by atoms with Crippen molar-refractivity contribution in [2.75, 3.05) is 32.6 Å². The van der Waals surface area contributed by atoms with Gasteiger partial charge in [-0.1, -0.05) is 13.8 Å². The molecule has 1 N–H and O–H groups in total. The number of anilines is 1. The lowest BCUT2D eigenvalue weighted by atomic mass is 9.94. The van der Waals surface area contributed by atoms with E-state index < -0.39 is 21.5 Å². The van der Waals surface area contributed by atoms with Crippen LogP contribution in [0.4, 0.5) is 5.69 Å². The molecule has 10 nitrogen and oxygen atoms in total. The van der Waals surface area contributed by atoms with Crippen LogP contribution in [0.3, 0.4) is 0 Å². The smallest absolute Gasteiger partial charge is 0.263 e. The van der Waals surface area contributed by atoms with E-state index in [1.165, 1.54) is 24.9 Å². The molecule has 2 aromatic heterocycles. The quantitative estimate of drug-likeness (QED) is 0.495. The van der Waals surface area contributed by atoms with E-state index in [4.69, 9.17) is 9.47 Å². The zero-order chi connectivity index (χ0) is 26.2. The fourth-order valence-electron chi connectivity index (χ4n) is 4.72. The Balaban J connectivity index is 1.68. The third-order valence-corrected chi connectivity index (χ3v) is 9.37. The minimum Gasteiger partial charge on any atom is -0.497 e. The second kappa shape index (κ2) is 10.2. The third kappa shape index (κ3) is 4.97. The summed E-state index contributed by atoms with van der Waals surface area (Å²) in [7, 11) is -0.931. The molecule has 1 saturated heterocycles. The summed E-state index contributed by atoms with van der Waals surface area (Å²) in [6.45, 7) is 6.20. The van der Waals surface area contributed by atoms with Crippen LogP contribution in [0.15, 0.2) is 34.2 Å². The largest absolute Gasteiger partial charge is 0.497 e. The Morgan fingerprint density at radius 3 is 2.53 bits per heavy atom. The minimum absolute atomic E-state index is 0.00877. The molecule has 0 bridgehead atoms. The number of carbonyl (C=O) groups excluding carboxylic acids is 1. The van der Waals surface area contributed by atoms with E-state index in [1.54, 1.807) is 25.1 Å². The first kappa shape index (κ1) is 26.1. The Bertz CT molecular complexity index is 1450. The maximum absolute atomic E-state index is 13.7. The maximum Gasteiger partial charge on any atom is 0.263 e. The average Bonchev–Trinajstić information content (AvgIpc) is 3.17. The Labute approximate surface area is 213 Å². The van der Waals surface area contributed by atoms with Gasteiger partial charge in [0, 0.05) is 24.0 Å². The topological polar surface area (TPSA) is 120 Å². The Morgan fingerprint density at radius 1 is 1.19 bits per heavy atom. The summed E-state index contributed by atoms with van der Waals surface area (Å²) in [5, 5.41) is 2.74. The zero-order valence-electron chi connectivity index (χ0n) is 20.9. The van der Waals surface area contributed by atoms with Crippen LogP contribution in [0.2, 0.25) is 0 Å². The number of nitrogens with one attached hydrogen (secondary N) is 1. The summed E-state index contributed by atoms with van der Waals surface area (Å²) in [5.74, 6) is 0.898. The maximum atomic E-state index is 13.7. The first-order chi connectivity index (χ1) is 17.0. The van der Waals surface area contributed by atoms with Gasteiger partial charge >= 0.3 is 0 Å². The van der Waals surface area contributed by atoms with Gasteiger partial charge in [-0.2, -0.15) is 4.31 Å². The monoisotopic (exact) mass is 534 g/mol. The second-order valence-electron chi connectivity index (χ2n) is 9.23. The number of piperidine rings is 1.